The van der Waals surface area contributed by atoms with Crippen LogP contribution in [-0.2, 0) is 13.5 Å². The van der Waals surface area contributed by atoms with Crippen LogP contribution in [0.1, 0.15) is 23.0 Å². The molecule has 0 aliphatic heterocycles. The molecule has 0 spiro atoms. The average molecular weight is 324 g/mol. The second-order valence-corrected chi connectivity index (χ2v) is 5.09. The molecule has 0 bridgehead atoms. The number of halogens is 1. The molecule has 0 saturated heterocycles. The van der Waals surface area contributed by atoms with Crippen molar-refractivity contribution in [3.05, 3.63) is 40.1 Å². The molecule has 1 heterocycles. The number of anilines is 2. The Kier molecular flexibility index (Phi) is 3.90. The number of rotatable bonds is 4. The van der Waals surface area contributed by atoms with Crippen LogP contribution in [-0.4, -0.2) is 20.9 Å². The summed E-state index contributed by atoms with van der Waals surface area (Å²) >= 11 is 3.31. The molecule has 100 valence electrons. The molecule has 1 aromatic heterocycles. The molecule has 0 aliphatic carbocycles. The largest absolute Gasteiger partial charge is 0.478 e. The lowest BCUT2D eigenvalue weighted by molar-refractivity contribution is 0.0697. The zero-order valence-corrected chi connectivity index (χ0v) is 12.2. The molecule has 2 aromatic rings. The van der Waals surface area contributed by atoms with Crippen LogP contribution in [0.5, 0.6) is 0 Å². The highest BCUT2D eigenvalue weighted by atomic mass is 79.9. The van der Waals surface area contributed by atoms with Crippen LogP contribution in [0.4, 0.5) is 11.4 Å². The molecule has 0 fully saturated rings. The zero-order chi connectivity index (χ0) is 14.0. The summed E-state index contributed by atoms with van der Waals surface area (Å²) in [5, 5.41) is 16.6. The Bertz CT molecular complexity index is 622. The van der Waals surface area contributed by atoms with Crippen molar-refractivity contribution in [2.45, 2.75) is 13.3 Å². The fraction of sp³-hybridized carbons (Fsp3) is 0.231. The van der Waals surface area contributed by atoms with E-state index in [1.54, 1.807) is 16.8 Å². The SMILES string of the molecule is CCc1nn(C)cc1Nc1cc(Br)cc(C(=O)O)c1. The number of nitrogens with one attached hydrogen (secondary N) is 1. The van der Waals surface area contributed by atoms with Gasteiger partial charge in [-0.2, -0.15) is 5.10 Å². The Morgan fingerprint density at radius 3 is 2.84 bits per heavy atom. The Hall–Kier alpha value is -1.82. The fourth-order valence-corrected chi connectivity index (χ4v) is 2.33. The number of aryl methyl sites for hydroxylation is 2. The summed E-state index contributed by atoms with van der Waals surface area (Å²) in [4.78, 5) is 11.0. The number of hydrogen-bond acceptors (Lipinski definition) is 3. The first-order chi connectivity index (χ1) is 8.99. The Morgan fingerprint density at radius 2 is 2.21 bits per heavy atom. The minimum Gasteiger partial charge on any atom is -0.478 e. The van der Waals surface area contributed by atoms with Gasteiger partial charge in [0.15, 0.2) is 0 Å². The number of carboxylic acids is 1. The maximum Gasteiger partial charge on any atom is 0.335 e. The molecule has 2 rings (SSSR count). The van der Waals surface area contributed by atoms with Crippen LogP contribution >= 0.6 is 15.9 Å². The Labute approximate surface area is 119 Å². The van der Waals surface area contributed by atoms with Crippen molar-refractivity contribution in [2.24, 2.45) is 7.05 Å². The van der Waals surface area contributed by atoms with Crippen molar-refractivity contribution in [1.82, 2.24) is 9.78 Å². The van der Waals surface area contributed by atoms with Crippen molar-refractivity contribution in [2.75, 3.05) is 5.32 Å². The number of carboxylic acid groups (broad SMARTS) is 1. The maximum absolute atomic E-state index is 11.0. The van der Waals surface area contributed by atoms with E-state index in [9.17, 15) is 4.79 Å². The van der Waals surface area contributed by atoms with E-state index in [2.05, 4.69) is 26.3 Å². The zero-order valence-electron chi connectivity index (χ0n) is 10.6. The molecule has 0 aliphatic rings. The number of aromatic nitrogens is 2. The predicted octanol–water partition coefficient (Wildman–Crippen LogP) is 3.19. The lowest BCUT2D eigenvalue weighted by atomic mass is 10.2. The molecule has 0 saturated carbocycles. The monoisotopic (exact) mass is 323 g/mol. The molecular formula is C13H14BrN3O2. The molecule has 6 heteroatoms. The van der Waals surface area contributed by atoms with E-state index in [1.165, 1.54) is 0 Å². The first-order valence-corrected chi connectivity index (χ1v) is 6.62. The highest BCUT2D eigenvalue weighted by molar-refractivity contribution is 9.10. The van der Waals surface area contributed by atoms with Crippen LogP contribution in [0.25, 0.3) is 0 Å². The number of nitrogens with zero attached hydrogens (tertiary/aromatic N) is 2. The molecule has 2 N–H and O–H groups in total. The first kappa shape index (κ1) is 13.6. The van der Waals surface area contributed by atoms with Gasteiger partial charge in [0.1, 0.15) is 0 Å². The fourth-order valence-electron chi connectivity index (χ4n) is 1.84. The van der Waals surface area contributed by atoms with E-state index in [0.717, 1.165) is 28.0 Å². The number of benzene rings is 1. The first-order valence-electron chi connectivity index (χ1n) is 5.83. The van der Waals surface area contributed by atoms with Crippen LogP contribution < -0.4 is 5.32 Å². The van der Waals surface area contributed by atoms with E-state index in [0.29, 0.717) is 0 Å². The lowest BCUT2D eigenvalue weighted by Gasteiger charge is -2.07. The molecule has 0 amide bonds. The van der Waals surface area contributed by atoms with Crippen molar-refractivity contribution in [3.8, 4) is 0 Å². The number of carbonyl (C=O) groups is 1. The summed E-state index contributed by atoms with van der Waals surface area (Å²) in [6, 6.07) is 5.00. The van der Waals surface area contributed by atoms with Gasteiger partial charge in [0.2, 0.25) is 0 Å². The van der Waals surface area contributed by atoms with E-state index < -0.39 is 5.97 Å². The van der Waals surface area contributed by atoms with Crippen molar-refractivity contribution < 1.29 is 9.90 Å². The smallest absolute Gasteiger partial charge is 0.335 e. The maximum atomic E-state index is 11.0. The molecular weight excluding hydrogens is 310 g/mol. The normalized spacial score (nSPS) is 10.5. The minimum atomic E-state index is -0.953. The van der Waals surface area contributed by atoms with Gasteiger partial charge in [-0.25, -0.2) is 4.79 Å². The molecule has 0 atom stereocenters. The molecule has 19 heavy (non-hydrogen) atoms. The minimum absolute atomic E-state index is 0.235. The van der Waals surface area contributed by atoms with Gasteiger partial charge in [-0.1, -0.05) is 22.9 Å². The molecule has 1 aromatic carbocycles. The van der Waals surface area contributed by atoms with Gasteiger partial charge in [0.25, 0.3) is 0 Å². The topological polar surface area (TPSA) is 67.2 Å². The summed E-state index contributed by atoms with van der Waals surface area (Å²) in [6.45, 7) is 2.02. The van der Waals surface area contributed by atoms with Gasteiger partial charge < -0.3 is 10.4 Å². The van der Waals surface area contributed by atoms with Crippen molar-refractivity contribution >= 4 is 33.3 Å². The van der Waals surface area contributed by atoms with E-state index in [4.69, 9.17) is 5.11 Å². The van der Waals surface area contributed by atoms with E-state index in [1.807, 2.05) is 26.2 Å². The van der Waals surface area contributed by atoms with Gasteiger partial charge >= 0.3 is 5.97 Å². The lowest BCUT2D eigenvalue weighted by Crippen LogP contribution is -1.99. The summed E-state index contributed by atoms with van der Waals surface area (Å²) in [5.74, 6) is -0.953. The highest BCUT2D eigenvalue weighted by Gasteiger charge is 2.09. The second-order valence-electron chi connectivity index (χ2n) is 4.18. The van der Waals surface area contributed by atoms with E-state index >= 15 is 0 Å². The number of hydrogen-bond donors (Lipinski definition) is 2. The van der Waals surface area contributed by atoms with Crippen LogP contribution in [0.2, 0.25) is 0 Å². The van der Waals surface area contributed by atoms with Gasteiger partial charge in [0, 0.05) is 23.4 Å². The second kappa shape index (κ2) is 5.44. The molecule has 0 radical (unpaired) electrons. The van der Waals surface area contributed by atoms with E-state index in [-0.39, 0.29) is 5.56 Å². The number of aromatic carboxylic acids is 1. The predicted molar refractivity (Wildman–Crippen MR) is 77.0 cm³/mol. The van der Waals surface area contributed by atoms with Gasteiger partial charge in [0.05, 0.1) is 16.9 Å². The van der Waals surface area contributed by atoms with Gasteiger partial charge in [-0.05, 0) is 24.6 Å². The van der Waals surface area contributed by atoms with Crippen LogP contribution in [0.15, 0.2) is 28.9 Å². The summed E-state index contributed by atoms with van der Waals surface area (Å²) in [7, 11) is 1.86. The quantitative estimate of drug-likeness (QED) is 0.906. The average Bonchev–Trinajstić information content (AvgIpc) is 2.68. The van der Waals surface area contributed by atoms with Gasteiger partial charge in [-0.15, -0.1) is 0 Å². The third-order valence-corrected chi connectivity index (χ3v) is 3.12. The standard InChI is InChI=1S/C13H14BrN3O2/c1-3-11-12(7-17(2)16-11)15-10-5-8(13(18)19)4-9(14)6-10/h4-7,15H,3H2,1-2H3,(H,18,19). The Morgan fingerprint density at radius 1 is 1.47 bits per heavy atom. The summed E-state index contributed by atoms with van der Waals surface area (Å²) in [6.07, 6.45) is 2.68. The molecule has 0 unspecified atom stereocenters. The summed E-state index contributed by atoms with van der Waals surface area (Å²) < 4.78 is 2.45. The third-order valence-electron chi connectivity index (χ3n) is 2.66. The van der Waals surface area contributed by atoms with Gasteiger partial charge in [-0.3, -0.25) is 4.68 Å². The molecule has 5 nitrogen and oxygen atoms in total. The van der Waals surface area contributed by atoms with Crippen LogP contribution in [0.3, 0.4) is 0 Å². The third kappa shape index (κ3) is 3.14. The Balaban J connectivity index is 2.35. The van der Waals surface area contributed by atoms with Crippen molar-refractivity contribution in [3.63, 3.8) is 0 Å². The van der Waals surface area contributed by atoms with Crippen molar-refractivity contribution in [1.29, 1.82) is 0 Å². The summed E-state index contributed by atoms with van der Waals surface area (Å²) in [5.41, 5.74) is 2.78. The highest BCUT2D eigenvalue weighted by Crippen LogP contribution is 2.25. The van der Waals surface area contributed by atoms with Crippen LogP contribution in [0, 0.1) is 0 Å².